The van der Waals surface area contributed by atoms with Gasteiger partial charge in [-0.1, -0.05) is 5.16 Å². The Kier molecular flexibility index (Phi) is 3.04. The molecule has 3 aromatic rings. The first-order valence-corrected chi connectivity index (χ1v) is 7.52. The van der Waals surface area contributed by atoms with Crippen molar-refractivity contribution in [3.05, 3.63) is 39.8 Å². The van der Waals surface area contributed by atoms with Crippen LogP contribution in [0.3, 0.4) is 0 Å². The Balaban J connectivity index is 1.62. The number of thiophene rings is 1. The zero-order valence-electron chi connectivity index (χ0n) is 11.1. The van der Waals surface area contributed by atoms with Gasteiger partial charge < -0.3 is 9.26 Å². The van der Waals surface area contributed by atoms with Crippen molar-refractivity contribution in [2.45, 2.75) is 18.9 Å². The topological polar surface area (TPSA) is 83.0 Å². The average Bonchev–Trinajstić information content (AvgIpc) is 3.21. The van der Waals surface area contributed by atoms with Gasteiger partial charge in [0, 0.05) is 12.5 Å². The fraction of sp³-hybridized carbons (Fsp3) is 0.385. The number of ether oxygens (including phenoxy) is 1. The van der Waals surface area contributed by atoms with Gasteiger partial charge in [0.25, 0.3) is 5.56 Å². The van der Waals surface area contributed by atoms with Gasteiger partial charge in [0.1, 0.15) is 11.2 Å². The third-order valence-corrected chi connectivity index (χ3v) is 4.41. The van der Waals surface area contributed by atoms with Crippen LogP contribution in [0.4, 0.5) is 0 Å². The number of hydrogen-bond donors (Lipinski definition) is 0. The van der Waals surface area contributed by atoms with E-state index in [4.69, 9.17) is 9.26 Å². The van der Waals surface area contributed by atoms with Gasteiger partial charge in [-0.25, -0.2) is 4.98 Å². The van der Waals surface area contributed by atoms with E-state index in [-0.39, 0.29) is 18.0 Å². The minimum Gasteiger partial charge on any atom is -0.381 e. The average molecular weight is 304 g/mol. The Morgan fingerprint density at radius 3 is 3.29 bits per heavy atom. The van der Waals surface area contributed by atoms with Gasteiger partial charge in [0.05, 0.1) is 18.5 Å². The van der Waals surface area contributed by atoms with Gasteiger partial charge in [-0.3, -0.25) is 9.36 Å². The van der Waals surface area contributed by atoms with Gasteiger partial charge >= 0.3 is 0 Å². The van der Waals surface area contributed by atoms with Crippen LogP contribution in [-0.4, -0.2) is 32.9 Å². The minimum absolute atomic E-state index is 0.0843. The summed E-state index contributed by atoms with van der Waals surface area (Å²) in [5, 5.41) is 5.83. The van der Waals surface area contributed by atoms with Crippen LogP contribution in [0, 0.1) is 0 Å². The second-order valence-electron chi connectivity index (χ2n) is 4.92. The van der Waals surface area contributed by atoms with Crippen molar-refractivity contribution >= 4 is 21.6 Å². The lowest BCUT2D eigenvalue weighted by molar-refractivity contribution is 0.192. The molecule has 0 radical (unpaired) electrons. The van der Waals surface area contributed by atoms with Crippen LogP contribution in [0.1, 0.15) is 24.1 Å². The zero-order chi connectivity index (χ0) is 14.2. The van der Waals surface area contributed by atoms with E-state index in [1.807, 2.05) is 11.4 Å². The molecule has 4 heterocycles. The highest BCUT2D eigenvalue weighted by Gasteiger charge is 2.23. The van der Waals surface area contributed by atoms with E-state index >= 15 is 0 Å². The van der Waals surface area contributed by atoms with Crippen LogP contribution >= 0.6 is 11.3 Å². The van der Waals surface area contributed by atoms with Crippen molar-refractivity contribution in [1.29, 1.82) is 0 Å². The number of rotatable bonds is 3. The maximum Gasteiger partial charge on any atom is 0.271 e. The summed E-state index contributed by atoms with van der Waals surface area (Å²) in [7, 11) is 0. The Bertz CT molecular complexity index is 831. The fourth-order valence-corrected chi connectivity index (χ4v) is 3.17. The molecule has 1 fully saturated rings. The quantitative estimate of drug-likeness (QED) is 0.727. The van der Waals surface area contributed by atoms with Crippen LogP contribution in [-0.2, 0) is 11.3 Å². The highest BCUT2D eigenvalue weighted by molar-refractivity contribution is 7.17. The standard InChI is InChI=1S/C13H12N4O3S/c18-13-11-9(2-4-21-11)14-7-17(13)5-10-15-12(16-20-10)8-1-3-19-6-8/h2,4,7-8H,1,3,5-6H2/t8-/m1/s1. The molecular formula is C13H12N4O3S. The molecule has 0 amide bonds. The van der Waals surface area contributed by atoms with Crippen molar-refractivity contribution in [2.24, 2.45) is 0 Å². The molecule has 1 aliphatic heterocycles. The summed E-state index contributed by atoms with van der Waals surface area (Å²) in [6.07, 6.45) is 2.42. The summed E-state index contributed by atoms with van der Waals surface area (Å²) in [5.74, 6) is 1.26. The highest BCUT2D eigenvalue weighted by atomic mass is 32.1. The van der Waals surface area contributed by atoms with Gasteiger partial charge in [-0.2, -0.15) is 4.98 Å². The summed E-state index contributed by atoms with van der Waals surface area (Å²) in [5.41, 5.74) is 0.634. The second-order valence-corrected chi connectivity index (χ2v) is 5.84. The van der Waals surface area contributed by atoms with E-state index in [2.05, 4.69) is 15.1 Å². The van der Waals surface area contributed by atoms with Crippen molar-refractivity contribution in [2.75, 3.05) is 13.2 Å². The van der Waals surface area contributed by atoms with Gasteiger partial charge in [-0.15, -0.1) is 11.3 Å². The first-order chi connectivity index (χ1) is 10.3. The SMILES string of the molecule is O=c1c2sccc2ncn1Cc1nc([C@@H]2CCOC2)no1. The molecule has 7 nitrogen and oxygen atoms in total. The maximum atomic E-state index is 12.3. The molecule has 108 valence electrons. The van der Waals surface area contributed by atoms with Crippen molar-refractivity contribution < 1.29 is 9.26 Å². The summed E-state index contributed by atoms with van der Waals surface area (Å²) in [6, 6.07) is 1.83. The molecular weight excluding hydrogens is 292 g/mol. The van der Waals surface area contributed by atoms with Crippen LogP contribution in [0.5, 0.6) is 0 Å². The van der Waals surface area contributed by atoms with Crippen LogP contribution in [0.2, 0.25) is 0 Å². The predicted octanol–water partition coefficient (Wildman–Crippen LogP) is 1.39. The molecule has 0 aromatic carbocycles. The van der Waals surface area contributed by atoms with Crippen LogP contribution in [0.25, 0.3) is 10.2 Å². The maximum absolute atomic E-state index is 12.3. The summed E-state index contributed by atoms with van der Waals surface area (Å²) < 4.78 is 12.7. The number of hydrogen-bond acceptors (Lipinski definition) is 7. The lowest BCUT2D eigenvalue weighted by Gasteiger charge is -2.01. The minimum atomic E-state index is -0.0843. The normalized spacial score (nSPS) is 18.6. The van der Waals surface area contributed by atoms with E-state index in [0.717, 1.165) is 18.5 Å². The molecule has 0 aliphatic carbocycles. The van der Waals surface area contributed by atoms with Crippen molar-refractivity contribution in [1.82, 2.24) is 19.7 Å². The van der Waals surface area contributed by atoms with Crippen molar-refractivity contribution in [3.63, 3.8) is 0 Å². The van der Waals surface area contributed by atoms with Crippen molar-refractivity contribution in [3.8, 4) is 0 Å². The Morgan fingerprint density at radius 1 is 1.48 bits per heavy atom. The van der Waals surface area contributed by atoms with E-state index < -0.39 is 0 Å². The third kappa shape index (κ3) is 2.26. The van der Waals surface area contributed by atoms with Crippen LogP contribution < -0.4 is 5.56 Å². The second kappa shape index (κ2) is 5.05. The summed E-state index contributed by atoms with van der Waals surface area (Å²) in [4.78, 5) is 20.9. The molecule has 21 heavy (non-hydrogen) atoms. The first-order valence-electron chi connectivity index (χ1n) is 6.64. The van der Waals surface area contributed by atoms with E-state index in [9.17, 15) is 4.79 Å². The Morgan fingerprint density at radius 2 is 2.43 bits per heavy atom. The molecule has 0 bridgehead atoms. The highest BCUT2D eigenvalue weighted by Crippen LogP contribution is 2.22. The third-order valence-electron chi connectivity index (χ3n) is 3.52. The molecule has 8 heteroatoms. The summed E-state index contributed by atoms with van der Waals surface area (Å²) in [6.45, 7) is 1.59. The van der Waals surface area contributed by atoms with E-state index in [0.29, 0.717) is 23.0 Å². The molecule has 0 N–H and O–H groups in total. The molecule has 1 aliphatic rings. The monoisotopic (exact) mass is 304 g/mol. The molecule has 3 aromatic heterocycles. The molecule has 0 unspecified atom stereocenters. The number of aromatic nitrogens is 4. The van der Waals surface area contributed by atoms with E-state index in [1.165, 1.54) is 22.2 Å². The van der Waals surface area contributed by atoms with Crippen LogP contribution in [0.15, 0.2) is 27.1 Å². The molecule has 1 saturated heterocycles. The Labute approximate surface area is 123 Å². The lowest BCUT2D eigenvalue weighted by Crippen LogP contribution is -2.20. The molecule has 1 atom stereocenters. The fourth-order valence-electron chi connectivity index (χ4n) is 2.37. The zero-order valence-corrected chi connectivity index (χ0v) is 11.9. The number of fused-ring (bicyclic) bond motifs is 1. The van der Waals surface area contributed by atoms with Gasteiger partial charge in [-0.05, 0) is 17.9 Å². The molecule has 0 spiro atoms. The first kappa shape index (κ1) is 12.7. The smallest absolute Gasteiger partial charge is 0.271 e. The summed E-state index contributed by atoms with van der Waals surface area (Å²) >= 11 is 1.39. The van der Waals surface area contributed by atoms with E-state index in [1.54, 1.807) is 0 Å². The predicted molar refractivity (Wildman–Crippen MR) is 75.5 cm³/mol. The largest absolute Gasteiger partial charge is 0.381 e. The molecule has 4 rings (SSSR count). The Hall–Kier alpha value is -2.06. The molecule has 0 saturated carbocycles. The van der Waals surface area contributed by atoms with Gasteiger partial charge in [0.15, 0.2) is 5.82 Å². The lowest BCUT2D eigenvalue weighted by atomic mass is 10.1. The number of nitrogens with zero attached hydrogens (tertiary/aromatic N) is 4. The van der Waals surface area contributed by atoms with Gasteiger partial charge in [0.2, 0.25) is 5.89 Å².